The molecule has 0 spiro atoms. The molecule has 1 aliphatic rings. The summed E-state index contributed by atoms with van der Waals surface area (Å²) in [5.41, 5.74) is 2.15. The van der Waals surface area contributed by atoms with Crippen LogP contribution in [0.4, 0.5) is 0 Å². The zero-order valence-corrected chi connectivity index (χ0v) is 16.9. The molecule has 0 saturated heterocycles. The van der Waals surface area contributed by atoms with Crippen molar-refractivity contribution in [2.45, 2.75) is 25.7 Å². The van der Waals surface area contributed by atoms with Crippen molar-refractivity contribution < 1.29 is 29.2 Å². The van der Waals surface area contributed by atoms with Crippen LogP contribution in [-0.2, 0) is 6.54 Å². The van der Waals surface area contributed by atoms with Crippen LogP contribution in [0, 0.1) is 0 Å². The van der Waals surface area contributed by atoms with Crippen molar-refractivity contribution >= 4 is 5.78 Å². The highest BCUT2D eigenvalue weighted by Gasteiger charge is 2.30. The lowest BCUT2D eigenvalue weighted by molar-refractivity contribution is 0.0322. The van der Waals surface area contributed by atoms with Crippen LogP contribution < -0.4 is 14.2 Å². The number of carbonyl (C=O) groups is 1. The van der Waals surface area contributed by atoms with E-state index in [1.807, 2.05) is 11.0 Å². The molecule has 156 valence electrons. The number of ketones is 1. The van der Waals surface area contributed by atoms with E-state index < -0.39 is 12.2 Å². The normalized spacial score (nSPS) is 17.3. The monoisotopic (exact) mass is 401 g/mol. The van der Waals surface area contributed by atoms with Crippen molar-refractivity contribution in [2.75, 3.05) is 33.9 Å². The molecule has 2 atom stereocenters. The van der Waals surface area contributed by atoms with Crippen LogP contribution in [0.25, 0.3) is 0 Å². The molecule has 7 heteroatoms. The number of benzene rings is 2. The molecule has 2 N–H and O–H groups in total. The number of β-amino-alcohol motifs (C(OH)–C–C–N with tert-alkyl or cyclic N) is 2. The second-order valence-electron chi connectivity index (χ2n) is 7.12. The molecule has 1 heterocycles. The molecule has 2 unspecified atom stereocenters. The maximum Gasteiger partial charge on any atom is 0.159 e. The molecule has 2 aromatic rings. The van der Waals surface area contributed by atoms with Crippen LogP contribution in [-0.4, -0.2) is 60.9 Å². The number of hydrogen-bond donors (Lipinski definition) is 2. The third-order valence-electron chi connectivity index (χ3n) is 5.01. The SMILES string of the molecule is COc1ccc(OC)c2c1CN(CC(O)COc1cccc(C(C)=O)c1)CC2O. The zero-order valence-electron chi connectivity index (χ0n) is 16.9. The van der Waals surface area contributed by atoms with Gasteiger partial charge in [-0.15, -0.1) is 0 Å². The standard InChI is InChI=1S/C22H27NO6/c1-14(24)15-5-4-6-17(9-15)29-13-16(25)10-23-11-18-20(27-2)7-8-21(28-3)22(18)19(26)12-23/h4-9,16,19,25-26H,10-13H2,1-3H3. The molecule has 29 heavy (non-hydrogen) atoms. The molecule has 0 fully saturated rings. The number of Topliss-reactive ketones (excluding diaryl/α,β-unsaturated/α-hetero) is 1. The smallest absolute Gasteiger partial charge is 0.159 e. The number of methoxy groups -OCH3 is 2. The largest absolute Gasteiger partial charge is 0.496 e. The molecule has 0 radical (unpaired) electrons. The summed E-state index contributed by atoms with van der Waals surface area (Å²) in [6.45, 7) is 2.78. The van der Waals surface area contributed by atoms with Gasteiger partial charge in [0.1, 0.15) is 30.0 Å². The Balaban J connectivity index is 1.64. The number of ether oxygens (including phenoxy) is 3. The number of fused-ring (bicyclic) bond motifs is 1. The molecule has 2 aromatic carbocycles. The Kier molecular flexibility index (Phi) is 6.74. The van der Waals surface area contributed by atoms with Crippen LogP contribution in [0.5, 0.6) is 17.2 Å². The summed E-state index contributed by atoms with van der Waals surface area (Å²) >= 11 is 0. The third kappa shape index (κ3) is 4.87. The lowest BCUT2D eigenvalue weighted by atomic mass is 9.95. The molecule has 3 rings (SSSR count). The van der Waals surface area contributed by atoms with Gasteiger partial charge in [0.2, 0.25) is 0 Å². The van der Waals surface area contributed by atoms with E-state index in [-0.39, 0.29) is 12.4 Å². The van der Waals surface area contributed by atoms with E-state index >= 15 is 0 Å². The number of hydrogen-bond acceptors (Lipinski definition) is 7. The number of aliphatic hydroxyl groups is 2. The first kappa shape index (κ1) is 21.1. The zero-order chi connectivity index (χ0) is 21.0. The summed E-state index contributed by atoms with van der Waals surface area (Å²) < 4.78 is 16.5. The van der Waals surface area contributed by atoms with Gasteiger partial charge >= 0.3 is 0 Å². The fourth-order valence-corrected chi connectivity index (χ4v) is 3.63. The number of nitrogens with zero attached hydrogens (tertiary/aromatic N) is 1. The highest BCUT2D eigenvalue weighted by molar-refractivity contribution is 5.94. The average molecular weight is 401 g/mol. The Morgan fingerprint density at radius 1 is 1.21 bits per heavy atom. The maximum absolute atomic E-state index is 11.5. The van der Waals surface area contributed by atoms with Crippen LogP contribution in [0.1, 0.15) is 34.5 Å². The molecule has 0 aliphatic carbocycles. The summed E-state index contributed by atoms with van der Waals surface area (Å²) in [5.74, 6) is 1.80. The van der Waals surface area contributed by atoms with Gasteiger partial charge < -0.3 is 24.4 Å². The number of rotatable bonds is 8. The second kappa shape index (κ2) is 9.26. The van der Waals surface area contributed by atoms with Gasteiger partial charge in [0, 0.05) is 36.3 Å². The van der Waals surface area contributed by atoms with Gasteiger partial charge in [-0.05, 0) is 31.2 Å². The average Bonchev–Trinajstić information content (AvgIpc) is 2.71. The Labute approximate surface area is 170 Å². The molecule has 0 aromatic heterocycles. The summed E-state index contributed by atoms with van der Waals surface area (Å²) in [7, 11) is 3.16. The molecular weight excluding hydrogens is 374 g/mol. The van der Waals surface area contributed by atoms with Crippen molar-refractivity contribution in [3.8, 4) is 17.2 Å². The van der Waals surface area contributed by atoms with Gasteiger partial charge in [-0.1, -0.05) is 12.1 Å². The van der Waals surface area contributed by atoms with Crippen LogP contribution >= 0.6 is 0 Å². The van der Waals surface area contributed by atoms with Gasteiger partial charge in [-0.25, -0.2) is 0 Å². The molecule has 0 amide bonds. The lowest BCUT2D eigenvalue weighted by Crippen LogP contribution is -2.40. The fraction of sp³-hybridized carbons (Fsp3) is 0.409. The van der Waals surface area contributed by atoms with Crippen LogP contribution in [0.2, 0.25) is 0 Å². The van der Waals surface area contributed by atoms with Gasteiger partial charge in [0.15, 0.2) is 5.78 Å². The lowest BCUT2D eigenvalue weighted by Gasteiger charge is -2.34. The Morgan fingerprint density at radius 3 is 2.62 bits per heavy atom. The molecule has 7 nitrogen and oxygen atoms in total. The summed E-state index contributed by atoms with van der Waals surface area (Å²) in [6.07, 6.45) is -1.51. The minimum Gasteiger partial charge on any atom is -0.496 e. The first-order chi connectivity index (χ1) is 13.9. The van der Waals surface area contributed by atoms with Crippen molar-refractivity contribution in [1.82, 2.24) is 4.90 Å². The number of carbonyl (C=O) groups excluding carboxylic acids is 1. The molecule has 0 saturated carbocycles. The minimum atomic E-state index is -0.763. The van der Waals surface area contributed by atoms with E-state index in [1.165, 1.54) is 6.92 Å². The number of aliphatic hydroxyl groups excluding tert-OH is 2. The topological polar surface area (TPSA) is 88.5 Å². The van der Waals surface area contributed by atoms with E-state index in [1.54, 1.807) is 44.6 Å². The molecule has 1 aliphatic heterocycles. The van der Waals surface area contributed by atoms with Crippen molar-refractivity contribution in [3.63, 3.8) is 0 Å². The first-order valence-electron chi connectivity index (χ1n) is 9.49. The molecule has 0 bridgehead atoms. The van der Waals surface area contributed by atoms with E-state index in [4.69, 9.17) is 14.2 Å². The van der Waals surface area contributed by atoms with E-state index in [9.17, 15) is 15.0 Å². The Bertz CT molecular complexity index is 868. The van der Waals surface area contributed by atoms with Crippen LogP contribution in [0.15, 0.2) is 36.4 Å². The first-order valence-corrected chi connectivity index (χ1v) is 9.49. The Hall–Kier alpha value is -2.61. The van der Waals surface area contributed by atoms with E-state index in [0.717, 1.165) is 11.1 Å². The summed E-state index contributed by atoms with van der Waals surface area (Å²) in [6, 6.07) is 10.5. The second-order valence-corrected chi connectivity index (χ2v) is 7.12. The van der Waals surface area contributed by atoms with Gasteiger partial charge in [-0.2, -0.15) is 0 Å². The highest BCUT2D eigenvalue weighted by atomic mass is 16.5. The van der Waals surface area contributed by atoms with Crippen molar-refractivity contribution in [3.05, 3.63) is 53.1 Å². The molecular formula is C22H27NO6. The minimum absolute atomic E-state index is 0.0404. The fourth-order valence-electron chi connectivity index (χ4n) is 3.63. The van der Waals surface area contributed by atoms with Gasteiger partial charge in [0.25, 0.3) is 0 Å². The summed E-state index contributed by atoms with van der Waals surface area (Å²) in [5, 5.41) is 21.1. The van der Waals surface area contributed by atoms with Crippen LogP contribution in [0.3, 0.4) is 0 Å². The summed E-state index contributed by atoms with van der Waals surface area (Å²) in [4.78, 5) is 13.4. The van der Waals surface area contributed by atoms with E-state index in [2.05, 4.69) is 0 Å². The Morgan fingerprint density at radius 2 is 1.93 bits per heavy atom. The van der Waals surface area contributed by atoms with E-state index in [0.29, 0.717) is 42.4 Å². The van der Waals surface area contributed by atoms with Gasteiger partial charge in [0.05, 0.1) is 20.3 Å². The highest BCUT2D eigenvalue weighted by Crippen LogP contribution is 2.39. The third-order valence-corrected chi connectivity index (χ3v) is 5.01. The van der Waals surface area contributed by atoms with Gasteiger partial charge in [-0.3, -0.25) is 9.69 Å². The predicted octanol–water partition coefficient (Wildman–Crippen LogP) is 2.20. The van der Waals surface area contributed by atoms with Crippen molar-refractivity contribution in [2.24, 2.45) is 0 Å². The maximum atomic E-state index is 11.5. The van der Waals surface area contributed by atoms with Crippen molar-refractivity contribution in [1.29, 1.82) is 0 Å². The predicted molar refractivity (Wildman–Crippen MR) is 108 cm³/mol. The quantitative estimate of drug-likeness (QED) is 0.656.